The third-order valence-corrected chi connectivity index (χ3v) is 3.77. The predicted molar refractivity (Wildman–Crippen MR) is 84.6 cm³/mol. The molecule has 120 valence electrons. The molecule has 0 aliphatic heterocycles. The van der Waals surface area contributed by atoms with Crippen LogP contribution in [0.15, 0.2) is 10.5 Å². The zero-order valence-electron chi connectivity index (χ0n) is 13.6. The van der Waals surface area contributed by atoms with Gasteiger partial charge in [0, 0.05) is 29.8 Å². The van der Waals surface area contributed by atoms with Crippen molar-refractivity contribution < 1.29 is 9.53 Å². The number of allylic oxidation sites excluding steroid dienone is 1. The van der Waals surface area contributed by atoms with Crippen LogP contribution in [0.5, 0.6) is 0 Å². The van der Waals surface area contributed by atoms with Gasteiger partial charge < -0.3 is 10.1 Å². The summed E-state index contributed by atoms with van der Waals surface area (Å²) in [6.07, 6.45) is 4.10. The van der Waals surface area contributed by atoms with Crippen molar-refractivity contribution in [1.29, 1.82) is 0 Å². The molecule has 0 radical (unpaired) electrons. The van der Waals surface area contributed by atoms with Crippen LogP contribution < -0.4 is 10.9 Å². The van der Waals surface area contributed by atoms with Crippen LogP contribution in [0.2, 0.25) is 0 Å². The number of esters is 1. The van der Waals surface area contributed by atoms with Crippen LogP contribution >= 0.6 is 0 Å². The molecule has 1 aliphatic carbocycles. The molecule has 0 saturated heterocycles. The highest BCUT2D eigenvalue weighted by Gasteiger charge is 2.30. The van der Waals surface area contributed by atoms with Gasteiger partial charge in [-0.25, -0.2) is 4.68 Å². The van der Waals surface area contributed by atoms with Gasteiger partial charge in [-0.15, -0.1) is 0 Å². The zero-order chi connectivity index (χ0) is 16.3. The minimum atomic E-state index is -0.437. The first-order valence-corrected chi connectivity index (χ1v) is 7.61. The third kappa shape index (κ3) is 3.55. The maximum Gasteiger partial charge on any atom is 0.327 e. The predicted octanol–water partition coefficient (Wildman–Crippen LogP) is 1.57. The van der Waals surface area contributed by atoms with Gasteiger partial charge >= 0.3 is 5.97 Å². The second-order valence-corrected chi connectivity index (χ2v) is 5.54. The summed E-state index contributed by atoms with van der Waals surface area (Å²) < 4.78 is 6.14. The number of rotatable bonds is 6. The highest BCUT2D eigenvalue weighted by molar-refractivity contribution is 5.69. The van der Waals surface area contributed by atoms with Gasteiger partial charge in [0.25, 0.3) is 5.56 Å². The monoisotopic (exact) mass is 305 g/mol. The van der Waals surface area contributed by atoms with E-state index in [-0.39, 0.29) is 12.1 Å². The lowest BCUT2D eigenvalue weighted by Crippen LogP contribution is -2.31. The minimum Gasteiger partial charge on any atom is -0.465 e. The van der Waals surface area contributed by atoms with Gasteiger partial charge in [0.1, 0.15) is 6.54 Å². The lowest BCUT2D eigenvalue weighted by atomic mass is 10.0. The molecule has 1 N–H and O–H groups in total. The Hall–Kier alpha value is -2.11. The van der Waals surface area contributed by atoms with Crippen LogP contribution in [0.3, 0.4) is 0 Å². The molecule has 1 aliphatic rings. The molecule has 1 saturated carbocycles. The van der Waals surface area contributed by atoms with Crippen LogP contribution in [0.4, 0.5) is 0 Å². The van der Waals surface area contributed by atoms with Crippen molar-refractivity contribution in [3.05, 3.63) is 32.9 Å². The Morgan fingerprint density at radius 3 is 2.73 bits per heavy atom. The van der Waals surface area contributed by atoms with Crippen LogP contribution in [0.1, 0.15) is 49.4 Å². The lowest BCUT2D eigenvalue weighted by molar-refractivity contribution is -0.144. The second kappa shape index (κ2) is 6.77. The highest BCUT2D eigenvalue weighted by Crippen LogP contribution is 2.41. The van der Waals surface area contributed by atoms with Crippen molar-refractivity contribution >= 4 is 12.0 Å². The number of hydrogen-bond acceptors (Lipinski definition) is 5. The summed E-state index contributed by atoms with van der Waals surface area (Å²) in [7, 11) is 1.84. The Balaban J connectivity index is 2.47. The molecular formula is C16H23N3O3. The van der Waals surface area contributed by atoms with E-state index in [4.69, 9.17) is 4.74 Å². The first kappa shape index (κ1) is 16.3. The molecule has 6 heteroatoms. The Kier molecular flexibility index (Phi) is 5.00. The SMILES string of the molecule is CCOC(=O)Cn1nc(C2CC2)c(/C=C(\C)NC)c(C)c1=O. The molecule has 22 heavy (non-hydrogen) atoms. The van der Waals surface area contributed by atoms with Crippen LogP contribution in [0.25, 0.3) is 6.08 Å². The molecule has 0 amide bonds. The molecule has 2 rings (SSSR count). The molecule has 1 fully saturated rings. The van der Waals surface area contributed by atoms with E-state index in [9.17, 15) is 9.59 Å². The van der Waals surface area contributed by atoms with E-state index in [1.165, 1.54) is 4.68 Å². The summed E-state index contributed by atoms with van der Waals surface area (Å²) in [5.41, 5.74) is 3.12. The van der Waals surface area contributed by atoms with Gasteiger partial charge in [0.15, 0.2) is 0 Å². The van der Waals surface area contributed by atoms with E-state index in [1.807, 2.05) is 20.0 Å². The lowest BCUT2D eigenvalue weighted by Gasteiger charge is -2.13. The Morgan fingerprint density at radius 2 is 2.18 bits per heavy atom. The molecule has 0 atom stereocenters. The fourth-order valence-electron chi connectivity index (χ4n) is 2.30. The average Bonchev–Trinajstić information content (AvgIpc) is 3.31. The molecule has 1 aromatic heterocycles. The quantitative estimate of drug-likeness (QED) is 0.808. The largest absolute Gasteiger partial charge is 0.465 e. The number of aromatic nitrogens is 2. The van der Waals surface area contributed by atoms with Crippen LogP contribution in [-0.2, 0) is 16.1 Å². The molecule has 6 nitrogen and oxygen atoms in total. The van der Waals surface area contributed by atoms with Crippen molar-refractivity contribution in [3.8, 4) is 0 Å². The molecular weight excluding hydrogens is 282 g/mol. The van der Waals surface area contributed by atoms with E-state index in [2.05, 4.69) is 10.4 Å². The first-order chi connectivity index (χ1) is 10.5. The fourth-order valence-corrected chi connectivity index (χ4v) is 2.30. The summed E-state index contributed by atoms with van der Waals surface area (Å²) in [5.74, 6) is -0.0587. The summed E-state index contributed by atoms with van der Waals surface area (Å²) in [5, 5.41) is 7.50. The maximum absolute atomic E-state index is 12.4. The number of nitrogens with one attached hydrogen (secondary N) is 1. The molecule has 1 aromatic rings. The van der Waals surface area contributed by atoms with E-state index < -0.39 is 5.97 Å². The molecule has 0 spiro atoms. The Bertz CT molecular complexity index is 657. The number of hydrogen-bond donors (Lipinski definition) is 1. The third-order valence-electron chi connectivity index (χ3n) is 3.77. The second-order valence-electron chi connectivity index (χ2n) is 5.54. The van der Waals surface area contributed by atoms with E-state index in [0.29, 0.717) is 18.1 Å². The summed E-state index contributed by atoms with van der Waals surface area (Å²) in [6.45, 7) is 5.63. The number of carbonyl (C=O) groups excluding carboxylic acids is 1. The number of ether oxygens (including phenoxy) is 1. The molecule has 1 heterocycles. The van der Waals surface area contributed by atoms with Crippen LogP contribution in [0, 0.1) is 6.92 Å². The van der Waals surface area contributed by atoms with Crippen LogP contribution in [-0.4, -0.2) is 29.4 Å². The van der Waals surface area contributed by atoms with Gasteiger partial charge in [-0.3, -0.25) is 9.59 Å². The van der Waals surface area contributed by atoms with E-state index >= 15 is 0 Å². The summed E-state index contributed by atoms with van der Waals surface area (Å²) in [4.78, 5) is 24.1. The van der Waals surface area contributed by atoms with Gasteiger partial charge in [-0.2, -0.15) is 5.10 Å². The summed E-state index contributed by atoms with van der Waals surface area (Å²) >= 11 is 0. The van der Waals surface area contributed by atoms with E-state index in [0.717, 1.165) is 29.8 Å². The van der Waals surface area contributed by atoms with Gasteiger partial charge in [-0.05, 0) is 39.7 Å². The average molecular weight is 305 g/mol. The minimum absolute atomic E-state index is 0.137. The normalized spacial score (nSPS) is 14.8. The Morgan fingerprint density at radius 1 is 1.50 bits per heavy atom. The summed E-state index contributed by atoms with van der Waals surface area (Å²) in [6, 6.07) is 0. The first-order valence-electron chi connectivity index (χ1n) is 7.61. The topological polar surface area (TPSA) is 73.2 Å². The molecule has 0 unspecified atom stereocenters. The van der Waals surface area contributed by atoms with Crippen molar-refractivity contribution in [2.24, 2.45) is 0 Å². The maximum atomic E-state index is 12.4. The standard InChI is InChI=1S/C16H23N3O3/c1-5-22-14(20)9-19-16(21)11(3)13(8-10(2)17-4)15(18-19)12-6-7-12/h8,12,17H,5-7,9H2,1-4H3/b10-8+. The number of carbonyl (C=O) groups is 1. The zero-order valence-corrected chi connectivity index (χ0v) is 13.6. The van der Waals surface area contributed by atoms with E-state index in [1.54, 1.807) is 13.8 Å². The van der Waals surface area contributed by atoms with Crippen molar-refractivity contribution in [2.75, 3.05) is 13.7 Å². The van der Waals surface area contributed by atoms with Gasteiger partial charge in [-0.1, -0.05) is 0 Å². The van der Waals surface area contributed by atoms with Crippen molar-refractivity contribution in [2.45, 2.75) is 46.1 Å². The molecule has 0 aromatic carbocycles. The fraction of sp³-hybridized carbons (Fsp3) is 0.562. The van der Waals surface area contributed by atoms with Gasteiger partial charge in [0.05, 0.1) is 12.3 Å². The Labute approximate surface area is 130 Å². The molecule has 0 bridgehead atoms. The highest BCUT2D eigenvalue weighted by atomic mass is 16.5. The number of nitrogens with zero attached hydrogens (tertiary/aromatic N) is 2. The van der Waals surface area contributed by atoms with Gasteiger partial charge in [0.2, 0.25) is 0 Å². The van der Waals surface area contributed by atoms with Crippen molar-refractivity contribution in [1.82, 2.24) is 15.1 Å². The van der Waals surface area contributed by atoms with Crippen molar-refractivity contribution in [3.63, 3.8) is 0 Å². The smallest absolute Gasteiger partial charge is 0.327 e.